The minimum atomic E-state index is -0.404. The van der Waals surface area contributed by atoms with Crippen LogP contribution in [0.2, 0.25) is 0 Å². The summed E-state index contributed by atoms with van der Waals surface area (Å²) in [4.78, 5) is 28.8. The quantitative estimate of drug-likeness (QED) is 0.758. The first-order valence-electron chi connectivity index (χ1n) is 10.6. The number of nitrogens with zero attached hydrogens (tertiary/aromatic N) is 1. The van der Waals surface area contributed by atoms with Gasteiger partial charge in [-0.15, -0.1) is 11.8 Å². The van der Waals surface area contributed by atoms with E-state index in [4.69, 9.17) is 4.74 Å². The number of amides is 2. The smallest absolute Gasteiger partial charge is 0.263 e. The Morgan fingerprint density at radius 1 is 1.10 bits per heavy atom. The summed E-state index contributed by atoms with van der Waals surface area (Å²) in [5, 5.41) is 3.07. The first-order valence-corrected chi connectivity index (χ1v) is 11.8. The summed E-state index contributed by atoms with van der Waals surface area (Å²) < 4.78 is 5.87. The minimum absolute atomic E-state index is 0.0574. The van der Waals surface area contributed by atoms with E-state index in [1.54, 1.807) is 11.8 Å². The van der Waals surface area contributed by atoms with Gasteiger partial charge in [0.2, 0.25) is 5.91 Å². The van der Waals surface area contributed by atoms with Crippen LogP contribution >= 0.6 is 11.8 Å². The zero-order chi connectivity index (χ0) is 20.7. The lowest BCUT2D eigenvalue weighted by Crippen LogP contribution is -2.46. The molecule has 30 heavy (non-hydrogen) atoms. The third-order valence-electron chi connectivity index (χ3n) is 6.86. The van der Waals surface area contributed by atoms with E-state index in [1.807, 2.05) is 59.7 Å². The zero-order valence-corrected chi connectivity index (χ0v) is 17.9. The van der Waals surface area contributed by atoms with Crippen molar-refractivity contribution in [2.75, 3.05) is 24.7 Å². The highest BCUT2D eigenvalue weighted by Gasteiger charge is 2.59. The fraction of sp³-hybridized carbons (Fsp3) is 0.417. The number of carbonyl (C=O) groups is 2. The molecule has 2 amide bonds. The fourth-order valence-corrected chi connectivity index (χ4v) is 5.28. The standard InChI is InChI=1S/C24H26N2O3S/c1-30-18-8-6-17(7-9-18)25-22(27)19-15-24(19)10-12-26(13-11-24)23(28)21-14-16-4-2-3-5-20(16)29-21/h2-9,19,21H,10-15H2,1H3,(H,25,27). The molecule has 2 atom stereocenters. The highest BCUT2D eigenvalue weighted by molar-refractivity contribution is 7.98. The number of carbonyl (C=O) groups excluding carboxylic acids is 2. The summed E-state index contributed by atoms with van der Waals surface area (Å²) >= 11 is 1.69. The van der Waals surface area contributed by atoms with Crippen molar-refractivity contribution in [3.8, 4) is 5.75 Å². The van der Waals surface area contributed by atoms with Crippen molar-refractivity contribution < 1.29 is 14.3 Å². The summed E-state index contributed by atoms with van der Waals surface area (Å²) in [6.07, 6.45) is 4.99. The number of benzene rings is 2. The van der Waals surface area contributed by atoms with Crippen molar-refractivity contribution in [3.05, 3.63) is 54.1 Å². The zero-order valence-electron chi connectivity index (χ0n) is 17.1. The van der Waals surface area contributed by atoms with Gasteiger partial charge in [-0.1, -0.05) is 18.2 Å². The highest BCUT2D eigenvalue weighted by atomic mass is 32.2. The predicted molar refractivity (Wildman–Crippen MR) is 118 cm³/mol. The van der Waals surface area contributed by atoms with Gasteiger partial charge in [0.1, 0.15) is 5.75 Å². The molecular weight excluding hydrogens is 396 g/mol. The molecule has 1 aliphatic carbocycles. The second-order valence-electron chi connectivity index (χ2n) is 8.58. The van der Waals surface area contributed by atoms with Crippen molar-refractivity contribution in [1.29, 1.82) is 0 Å². The molecule has 1 saturated carbocycles. The summed E-state index contributed by atoms with van der Waals surface area (Å²) in [5.74, 6) is 1.08. The van der Waals surface area contributed by atoms with Gasteiger partial charge in [0.15, 0.2) is 6.10 Å². The predicted octanol–water partition coefficient (Wildman–Crippen LogP) is 3.98. The van der Waals surface area contributed by atoms with Gasteiger partial charge in [-0.2, -0.15) is 0 Å². The fourth-order valence-electron chi connectivity index (χ4n) is 4.87. The van der Waals surface area contributed by atoms with Gasteiger partial charge in [0.25, 0.3) is 5.91 Å². The van der Waals surface area contributed by atoms with Crippen LogP contribution in [0.5, 0.6) is 5.75 Å². The van der Waals surface area contributed by atoms with Gasteiger partial charge in [0.05, 0.1) is 0 Å². The molecule has 6 heteroatoms. The van der Waals surface area contributed by atoms with Crippen LogP contribution < -0.4 is 10.1 Å². The van der Waals surface area contributed by atoms with Gasteiger partial charge in [-0.25, -0.2) is 0 Å². The monoisotopic (exact) mass is 422 g/mol. The SMILES string of the molecule is CSc1ccc(NC(=O)C2CC23CCN(C(=O)C2Cc4ccccc4O2)CC3)cc1. The lowest BCUT2D eigenvalue weighted by molar-refractivity contribution is -0.139. The number of thioether (sulfide) groups is 1. The van der Waals surface area contributed by atoms with Crippen LogP contribution in [-0.2, 0) is 16.0 Å². The first kappa shape index (κ1) is 19.5. The van der Waals surface area contributed by atoms with Crippen LogP contribution in [0.4, 0.5) is 5.69 Å². The van der Waals surface area contributed by atoms with E-state index < -0.39 is 6.10 Å². The lowest BCUT2D eigenvalue weighted by Gasteiger charge is -2.34. The van der Waals surface area contributed by atoms with Crippen LogP contribution in [0.1, 0.15) is 24.8 Å². The summed E-state index contributed by atoms with van der Waals surface area (Å²) in [5.41, 5.74) is 2.03. The Hall–Kier alpha value is -2.47. The highest BCUT2D eigenvalue weighted by Crippen LogP contribution is 2.59. The molecule has 5 nitrogen and oxygen atoms in total. The average molecular weight is 423 g/mol. The third kappa shape index (κ3) is 3.58. The first-order chi connectivity index (χ1) is 14.6. The van der Waals surface area contributed by atoms with Crippen molar-refractivity contribution >= 4 is 29.3 Å². The number of anilines is 1. The summed E-state index contributed by atoms with van der Waals surface area (Å²) in [6, 6.07) is 15.8. The van der Waals surface area contributed by atoms with Crippen LogP contribution in [0, 0.1) is 11.3 Å². The topological polar surface area (TPSA) is 58.6 Å². The average Bonchev–Trinajstić information content (AvgIpc) is 3.30. The van der Waals surface area contributed by atoms with Crippen LogP contribution in [0.25, 0.3) is 0 Å². The van der Waals surface area contributed by atoms with E-state index in [2.05, 4.69) is 5.32 Å². The molecule has 2 heterocycles. The molecule has 5 rings (SSSR count). The molecule has 2 aromatic rings. The van der Waals surface area contributed by atoms with Crippen molar-refractivity contribution in [2.45, 2.75) is 36.7 Å². The molecule has 1 spiro atoms. The van der Waals surface area contributed by atoms with Crippen LogP contribution in [0.15, 0.2) is 53.4 Å². The number of nitrogens with one attached hydrogen (secondary N) is 1. The normalized spacial score (nSPS) is 23.6. The number of rotatable bonds is 4. The van der Waals surface area contributed by atoms with Crippen LogP contribution in [-0.4, -0.2) is 42.2 Å². The Bertz CT molecular complexity index is 942. The molecule has 2 unspecified atom stereocenters. The molecule has 156 valence electrons. The third-order valence-corrected chi connectivity index (χ3v) is 7.60. The minimum Gasteiger partial charge on any atom is -0.480 e. The molecule has 1 N–H and O–H groups in total. The number of para-hydroxylation sites is 1. The van der Waals surface area contributed by atoms with Crippen LogP contribution in [0.3, 0.4) is 0 Å². The molecule has 0 aromatic heterocycles. The van der Waals surface area contributed by atoms with E-state index in [0.29, 0.717) is 19.5 Å². The van der Waals surface area contributed by atoms with Gasteiger partial charge in [-0.3, -0.25) is 9.59 Å². The molecule has 2 aliphatic heterocycles. The molecule has 1 saturated heterocycles. The van der Waals surface area contributed by atoms with E-state index in [9.17, 15) is 9.59 Å². The van der Waals surface area contributed by atoms with Gasteiger partial charge in [-0.05, 0) is 66.8 Å². The lowest BCUT2D eigenvalue weighted by atomic mass is 9.90. The number of hydrogen-bond acceptors (Lipinski definition) is 4. The number of likely N-dealkylation sites (tertiary alicyclic amines) is 1. The van der Waals surface area contributed by atoms with E-state index >= 15 is 0 Å². The molecular formula is C24H26N2O3S. The van der Waals surface area contributed by atoms with Crippen molar-refractivity contribution in [2.24, 2.45) is 11.3 Å². The maximum Gasteiger partial charge on any atom is 0.263 e. The number of fused-ring (bicyclic) bond motifs is 1. The number of hydrogen-bond donors (Lipinski definition) is 1. The molecule has 2 aromatic carbocycles. The van der Waals surface area contributed by atoms with E-state index in [1.165, 1.54) is 4.90 Å². The van der Waals surface area contributed by atoms with Gasteiger partial charge >= 0.3 is 0 Å². The Labute approximate surface area is 181 Å². The molecule has 2 fully saturated rings. The summed E-state index contributed by atoms with van der Waals surface area (Å²) in [6.45, 7) is 1.42. The Balaban J connectivity index is 1.14. The van der Waals surface area contributed by atoms with Gasteiger partial charge < -0.3 is 15.0 Å². The maximum absolute atomic E-state index is 12.9. The van der Waals surface area contributed by atoms with E-state index in [-0.39, 0.29) is 23.1 Å². The maximum atomic E-state index is 12.9. The van der Waals surface area contributed by atoms with Gasteiger partial charge in [0, 0.05) is 36.0 Å². The Kier molecular flexibility index (Phi) is 4.97. The van der Waals surface area contributed by atoms with Crippen molar-refractivity contribution in [3.63, 3.8) is 0 Å². The Morgan fingerprint density at radius 2 is 1.83 bits per heavy atom. The second kappa shape index (κ2) is 7.65. The largest absolute Gasteiger partial charge is 0.480 e. The number of piperidine rings is 1. The van der Waals surface area contributed by atoms with Crippen molar-refractivity contribution in [1.82, 2.24) is 4.90 Å². The number of ether oxygens (including phenoxy) is 1. The summed E-state index contributed by atoms with van der Waals surface area (Å²) in [7, 11) is 0. The molecule has 0 radical (unpaired) electrons. The van der Waals surface area contributed by atoms with E-state index in [0.717, 1.165) is 36.3 Å². The molecule has 0 bridgehead atoms. The Morgan fingerprint density at radius 3 is 2.53 bits per heavy atom. The second-order valence-corrected chi connectivity index (χ2v) is 9.46. The molecule has 3 aliphatic rings.